The van der Waals surface area contributed by atoms with Gasteiger partial charge in [-0.05, 0) is 57.7 Å². The van der Waals surface area contributed by atoms with Crippen molar-refractivity contribution in [1.82, 2.24) is 4.57 Å². The Morgan fingerprint density at radius 3 is 2.67 bits per heavy atom. The summed E-state index contributed by atoms with van der Waals surface area (Å²) in [5, 5.41) is 9.91. The molecule has 0 unspecified atom stereocenters. The molecule has 2 aromatic rings. The van der Waals surface area contributed by atoms with Crippen LogP contribution in [0.3, 0.4) is 0 Å². The molecule has 3 rings (SSSR count). The van der Waals surface area contributed by atoms with Gasteiger partial charge in [-0.15, -0.1) is 0 Å². The summed E-state index contributed by atoms with van der Waals surface area (Å²) in [6, 6.07) is 7.40. The molecule has 5 heteroatoms. The zero-order valence-electron chi connectivity index (χ0n) is 14.2. The highest BCUT2D eigenvalue weighted by Gasteiger charge is 2.30. The van der Waals surface area contributed by atoms with Crippen LogP contribution < -0.4 is 0 Å². The Kier molecular flexibility index (Phi) is 4.08. The van der Waals surface area contributed by atoms with E-state index in [1.807, 2.05) is 37.5 Å². The van der Waals surface area contributed by atoms with E-state index in [1.165, 1.54) is 0 Å². The summed E-state index contributed by atoms with van der Waals surface area (Å²) in [5.74, 6) is 0.0888. The summed E-state index contributed by atoms with van der Waals surface area (Å²) in [7, 11) is 0. The summed E-state index contributed by atoms with van der Waals surface area (Å²) in [6.45, 7) is 4.91. The highest BCUT2D eigenvalue weighted by Crippen LogP contribution is 2.43. The van der Waals surface area contributed by atoms with Crippen molar-refractivity contribution in [3.63, 3.8) is 0 Å². The van der Waals surface area contributed by atoms with Gasteiger partial charge in [0.05, 0.1) is 11.6 Å². The molecule has 0 radical (unpaired) electrons. The van der Waals surface area contributed by atoms with Gasteiger partial charge in [0.2, 0.25) is 0 Å². The Morgan fingerprint density at radius 1 is 1.42 bits per heavy atom. The first-order valence-electron chi connectivity index (χ1n) is 8.17. The molecule has 0 N–H and O–H groups in total. The van der Waals surface area contributed by atoms with Gasteiger partial charge in [-0.3, -0.25) is 4.79 Å². The van der Waals surface area contributed by atoms with Crippen LogP contribution in [-0.4, -0.2) is 16.1 Å². The molecule has 1 aromatic carbocycles. The molecule has 24 heavy (non-hydrogen) atoms. The van der Waals surface area contributed by atoms with E-state index in [9.17, 15) is 14.4 Å². The summed E-state index contributed by atoms with van der Waals surface area (Å²) in [4.78, 5) is 12.3. The lowest BCUT2D eigenvalue weighted by Gasteiger charge is -2.20. The molecule has 1 aromatic heterocycles. The Morgan fingerprint density at radius 2 is 2.12 bits per heavy atom. The normalized spacial score (nSPS) is 14.6. The number of benzene rings is 1. The van der Waals surface area contributed by atoms with Gasteiger partial charge < -0.3 is 9.30 Å². The lowest BCUT2D eigenvalue weighted by molar-refractivity contribution is -0.155. The molecule has 0 amide bonds. The van der Waals surface area contributed by atoms with Crippen molar-refractivity contribution in [1.29, 1.82) is 5.26 Å². The molecule has 4 nitrogen and oxygen atoms in total. The van der Waals surface area contributed by atoms with Crippen LogP contribution in [0.1, 0.15) is 56.4 Å². The number of halogens is 1. The first-order valence-corrected chi connectivity index (χ1v) is 8.17. The quantitative estimate of drug-likeness (QED) is 0.790. The van der Waals surface area contributed by atoms with Crippen LogP contribution in [0.25, 0.3) is 10.9 Å². The summed E-state index contributed by atoms with van der Waals surface area (Å²) >= 11 is 0. The van der Waals surface area contributed by atoms with E-state index in [0.29, 0.717) is 17.0 Å². The van der Waals surface area contributed by atoms with E-state index in [0.717, 1.165) is 29.4 Å². The van der Waals surface area contributed by atoms with Crippen LogP contribution in [0.2, 0.25) is 0 Å². The van der Waals surface area contributed by atoms with Gasteiger partial charge in [0.25, 0.3) is 0 Å². The molecule has 0 aliphatic heterocycles. The largest absolute Gasteiger partial charge is 0.459 e. The predicted molar refractivity (Wildman–Crippen MR) is 89.3 cm³/mol. The van der Waals surface area contributed by atoms with Gasteiger partial charge in [-0.1, -0.05) is 0 Å². The minimum Gasteiger partial charge on any atom is -0.459 e. The second-order valence-corrected chi connectivity index (χ2v) is 7.29. The molecule has 1 aliphatic carbocycles. The molecule has 1 fully saturated rings. The third-order valence-corrected chi connectivity index (χ3v) is 4.19. The highest BCUT2D eigenvalue weighted by atomic mass is 19.1. The third kappa shape index (κ3) is 3.14. The van der Waals surface area contributed by atoms with E-state index in [-0.39, 0.29) is 12.5 Å². The first kappa shape index (κ1) is 16.5. The zero-order chi connectivity index (χ0) is 17.5. The number of aromatic nitrogens is 1. The average molecular weight is 328 g/mol. The minimum atomic E-state index is -0.694. The smallest absolute Gasteiger partial charge is 0.326 e. The maximum absolute atomic E-state index is 13.5. The molecule has 1 saturated carbocycles. The molecular weight excluding hydrogens is 307 g/mol. The number of hydrogen-bond donors (Lipinski definition) is 0. The third-order valence-electron chi connectivity index (χ3n) is 4.19. The summed E-state index contributed by atoms with van der Waals surface area (Å²) in [6.07, 6.45) is 2.14. The predicted octanol–water partition coefficient (Wildman–Crippen LogP) is 4.20. The molecule has 0 spiro atoms. The number of alkyl halides is 1. The lowest BCUT2D eigenvalue weighted by atomic mass is 10.0. The van der Waals surface area contributed by atoms with Crippen LogP contribution in [-0.2, 0) is 22.8 Å². The Bertz CT molecular complexity index is 836. The van der Waals surface area contributed by atoms with Gasteiger partial charge in [0.15, 0.2) is 0 Å². The van der Waals surface area contributed by atoms with E-state index in [2.05, 4.69) is 0 Å². The van der Waals surface area contributed by atoms with Gasteiger partial charge in [-0.2, -0.15) is 5.26 Å². The second kappa shape index (κ2) is 5.94. The number of nitrogens with zero attached hydrogens (tertiary/aromatic N) is 2. The average Bonchev–Trinajstić information content (AvgIpc) is 3.27. The maximum Gasteiger partial charge on any atom is 0.326 e. The number of carbonyl (C=O) groups excluding carboxylic acids is 1. The number of fused-ring (bicyclic) bond motifs is 1. The fourth-order valence-electron chi connectivity index (χ4n) is 3.06. The minimum absolute atomic E-state index is 0.101. The lowest BCUT2D eigenvalue weighted by Crippen LogP contribution is -2.26. The molecule has 0 saturated heterocycles. The van der Waals surface area contributed by atoms with Crippen LogP contribution in [0.4, 0.5) is 4.39 Å². The number of carbonyl (C=O) groups is 1. The van der Waals surface area contributed by atoms with Crippen LogP contribution in [0, 0.1) is 11.3 Å². The Hall–Kier alpha value is -2.35. The zero-order valence-corrected chi connectivity index (χ0v) is 14.2. The Balaban J connectivity index is 2.07. The van der Waals surface area contributed by atoms with Crippen molar-refractivity contribution in [3.8, 4) is 6.07 Å². The number of esters is 1. The van der Waals surface area contributed by atoms with Crippen molar-refractivity contribution in [2.45, 2.75) is 58.4 Å². The second-order valence-electron chi connectivity index (χ2n) is 7.29. The molecule has 126 valence electrons. The first-order chi connectivity index (χ1) is 11.3. The van der Waals surface area contributed by atoms with E-state index >= 15 is 0 Å². The number of nitriles is 1. The highest BCUT2D eigenvalue weighted by molar-refractivity contribution is 5.88. The molecule has 1 aliphatic rings. The van der Waals surface area contributed by atoms with Crippen molar-refractivity contribution in [3.05, 3.63) is 35.0 Å². The number of ether oxygens (including phenoxy) is 1. The van der Waals surface area contributed by atoms with Crippen LogP contribution in [0.5, 0.6) is 0 Å². The Labute approximate surface area is 140 Å². The van der Waals surface area contributed by atoms with Gasteiger partial charge in [-0.25, -0.2) is 4.39 Å². The van der Waals surface area contributed by atoms with E-state index in [1.54, 1.807) is 12.1 Å². The molecular formula is C19H21FN2O2. The van der Waals surface area contributed by atoms with Crippen LogP contribution in [0.15, 0.2) is 18.2 Å². The SMILES string of the molecule is CC(C)(C)OC(=O)Cn1c(C2CC2)cc2c(CF)c(C#N)ccc21. The van der Waals surface area contributed by atoms with Crippen molar-refractivity contribution < 1.29 is 13.9 Å². The fraction of sp³-hybridized carbons (Fsp3) is 0.474. The van der Waals surface area contributed by atoms with Gasteiger partial charge >= 0.3 is 5.97 Å². The van der Waals surface area contributed by atoms with E-state index in [4.69, 9.17) is 4.74 Å². The molecule has 1 heterocycles. The van der Waals surface area contributed by atoms with Crippen molar-refractivity contribution >= 4 is 16.9 Å². The fourth-order valence-corrected chi connectivity index (χ4v) is 3.06. The van der Waals surface area contributed by atoms with Crippen LogP contribution >= 0.6 is 0 Å². The monoisotopic (exact) mass is 328 g/mol. The summed E-state index contributed by atoms with van der Waals surface area (Å²) in [5.41, 5.74) is 2.02. The van der Waals surface area contributed by atoms with Crippen molar-refractivity contribution in [2.24, 2.45) is 0 Å². The molecule has 0 atom stereocenters. The topological polar surface area (TPSA) is 55.0 Å². The summed E-state index contributed by atoms with van der Waals surface area (Å²) < 4.78 is 20.8. The molecule has 0 bridgehead atoms. The number of hydrogen-bond acceptors (Lipinski definition) is 3. The van der Waals surface area contributed by atoms with Gasteiger partial charge in [0.1, 0.15) is 18.8 Å². The van der Waals surface area contributed by atoms with E-state index < -0.39 is 12.3 Å². The van der Waals surface area contributed by atoms with Crippen molar-refractivity contribution in [2.75, 3.05) is 0 Å². The van der Waals surface area contributed by atoms with Gasteiger partial charge in [0, 0.05) is 22.2 Å². The number of rotatable bonds is 4. The standard InChI is InChI=1S/C19H21FN2O2/c1-19(2,3)24-18(23)11-22-16-7-6-13(10-21)15(9-20)14(16)8-17(22)12-4-5-12/h6-8,12H,4-5,9,11H2,1-3H3. The maximum atomic E-state index is 13.5.